The first-order chi connectivity index (χ1) is 4.31. The molecule has 0 saturated carbocycles. The van der Waals surface area contributed by atoms with Crippen molar-refractivity contribution in [3.63, 3.8) is 0 Å². The molecule has 0 saturated heterocycles. The molecule has 0 aliphatic rings. The lowest BCUT2D eigenvalue weighted by Crippen LogP contribution is -2.04. The summed E-state index contributed by atoms with van der Waals surface area (Å²) in [4.78, 5) is 12.6. The summed E-state index contributed by atoms with van der Waals surface area (Å²) in [6, 6.07) is 0. The summed E-state index contributed by atoms with van der Waals surface area (Å²) in [5.41, 5.74) is 7.71. The summed E-state index contributed by atoms with van der Waals surface area (Å²) in [6.45, 7) is -0.235. The zero-order valence-corrected chi connectivity index (χ0v) is 6.04. The standard InChI is InChI=1S/C3H4BrN3O2/c4-1-3(8)9-2-6-7-5/h1-2H2. The number of ether oxygens (including phenoxy) is 1. The molecule has 6 heteroatoms. The number of carbonyl (C=O) groups is 1. The first-order valence-corrected chi connectivity index (χ1v) is 3.16. The van der Waals surface area contributed by atoms with E-state index in [2.05, 4.69) is 30.7 Å². The summed E-state index contributed by atoms with van der Waals surface area (Å²) in [5, 5.41) is 3.10. The summed E-state index contributed by atoms with van der Waals surface area (Å²) in [6.07, 6.45) is 0. The van der Waals surface area contributed by atoms with Crippen molar-refractivity contribution in [2.75, 3.05) is 12.1 Å². The molecule has 0 N–H and O–H groups in total. The van der Waals surface area contributed by atoms with E-state index in [4.69, 9.17) is 5.53 Å². The molecule has 0 atom stereocenters. The minimum atomic E-state index is -0.442. The van der Waals surface area contributed by atoms with Crippen LogP contribution in [0.4, 0.5) is 0 Å². The minimum absolute atomic E-state index is 0.119. The highest BCUT2D eigenvalue weighted by molar-refractivity contribution is 9.09. The summed E-state index contributed by atoms with van der Waals surface area (Å²) < 4.78 is 4.33. The van der Waals surface area contributed by atoms with Crippen molar-refractivity contribution in [2.24, 2.45) is 5.11 Å². The van der Waals surface area contributed by atoms with E-state index in [9.17, 15) is 4.79 Å². The zero-order valence-electron chi connectivity index (χ0n) is 4.45. The van der Waals surface area contributed by atoms with Crippen LogP contribution in [-0.2, 0) is 9.53 Å². The normalized spacial score (nSPS) is 7.67. The molecular formula is C3H4BrN3O2. The Hall–Kier alpha value is -0.740. The molecule has 0 aromatic heterocycles. The van der Waals surface area contributed by atoms with Gasteiger partial charge >= 0.3 is 5.97 Å². The monoisotopic (exact) mass is 193 g/mol. The molecule has 0 aliphatic carbocycles. The van der Waals surface area contributed by atoms with E-state index in [0.29, 0.717) is 0 Å². The van der Waals surface area contributed by atoms with E-state index in [0.717, 1.165) is 0 Å². The van der Waals surface area contributed by atoms with Gasteiger partial charge in [0.2, 0.25) is 0 Å². The van der Waals surface area contributed by atoms with Gasteiger partial charge in [0.25, 0.3) is 0 Å². The number of halogens is 1. The van der Waals surface area contributed by atoms with Crippen LogP contribution < -0.4 is 0 Å². The van der Waals surface area contributed by atoms with Crippen LogP contribution in [0.1, 0.15) is 0 Å². The second-order valence-corrected chi connectivity index (χ2v) is 1.57. The Morgan fingerprint density at radius 3 is 3.00 bits per heavy atom. The largest absolute Gasteiger partial charge is 0.459 e. The lowest BCUT2D eigenvalue weighted by molar-refractivity contribution is -0.140. The molecule has 50 valence electrons. The Kier molecular flexibility index (Phi) is 4.95. The molecular weight excluding hydrogens is 190 g/mol. The van der Waals surface area contributed by atoms with Gasteiger partial charge in [0.1, 0.15) is 5.33 Å². The number of azide groups is 1. The van der Waals surface area contributed by atoms with E-state index in [1.807, 2.05) is 0 Å². The molecule has 0 aliphatic heterocycles. The van der Waals surface area contributed by atoms with Crippen LogP contribution in [0.2, 0.25) is 0 Å². The molecule has 0 aromatic rings. The molecule has 0 bridgehead atoms. The number of rotatable bonds is 3. The van der Waals surface area contributed by atoms with Gasteiger partial charge in [0, 0.05) is 4.91 Å². The molecule has 0 rings (SSSR count). The number of esters is 1. The number of nitrogens with zero attached hydrogens (tertiary/aromatic N) is 3. The topological polar surface area (TPSA) is 75.1 Å². The second kappa shape index (κ2) is 5.40. The first kappa shape index (κ1) is 8.26. The second-order valence-electron chi connectivity index (χ2n) is 1.01. The van der Waals surface area contributed by atoms with E-state index in [1.165, 1.54) is 0 Å². The van der Waals surface area contributed by atoms with Crippen LogP contribution in [0.5, 0.6) is 0 Å². The average molecular weight is 194 g/mol. The Balaban J connectivity index is 3.27. The van der Waals surface area contributed by atoms with Gasteiger partial charge in [-0.2, -0.15) is 0 Å². The lowest BCUT2D eigenvalue weighted by atomic mass is 10.8. The van der Waals surface area contributed by atoms with Crippen LogP contribution >= 0.6 is 15.9 Å². The summed E-state index contributed by atoms with van der Waals surface area (Å²) in [7, 11) is 0. The van der Waals surface area contributed by atoms with Gasteiger partial charge in [0.15, 0.2) is 6.73 Å². The maximum Gasteiger partial charge on any atom is 0.316 e. The highest BCUT2D eigenvalue weighted by atomic mass is 79.9. The number of hydrogen-bond donors (Lipinski definition) is 0. The third-order valence-electron chi connectivity index (χ3n) is 0.456. The van der Waals surface area contributed by atoms with Gasteiger partial charge in [-0.15, -0.1) is 0 Å². The lowest BCUT2D eigenvalue weighted by Gasteiger charge is -1.93. The summed E-state index contributed by atoms with van der Waals surface area (Å²) in [5.74, 6) is -0.442. The van der Waals surface area contributed by atoms with E-state index in [1.54, 1.807) is 0 Å². The van der Waals surface area contributed by atoms with Crippen molar-refractivity contribution >= 4 is 21.9 Å². The fraction of sp³-hybridized carbons (Fsp3) is 0.667. The molecule has 0 spiro atoms. The van der Waals surface area contributed by atoms with E-state index >= 15 is 0 Å². The van der Waals surface area contributed by atoms with Crippen molar-refractivity contribution in [3.8, 4) is 0 Å². The fourth-order valence-electron chi connectivity index (χ4n) is 0.165. The van der Waals surface area contributed by atoms with Gasteiger partial charge < -0.3 is 4.74 Å². The van der Waals surface area contributed by atoms with Gasteiger partial charge in [-0.3, -0.25) is 4.79 Å². The van der Waals surface area contributed by atoms with Crippen LogP contribution in [0.3, 0.4) is 0 Å². The van der Waals surface area contributed by atoms with Crippen molar-refractivity contribution in [1.82, 2.24) is 0 Å². The molecule has 0 radical (unpaired) electrons. The third-order valence-corrected chi connectivity index (χ3v) is 0.913. The SMILES string of the molecule is [N-]=[N+]=NCOC(=O)CBr. The average Bonchev–Trinajstić information content (AvgIpc) is 1.89. The number of carbonyl (C=O) groups excluding carboxylic acids is 1. The highest BCUT2D eigenvalue weighted by Crippen LogP contribution is 1.85. The Morgan fingerprint density at radius 1 is 1.89 bits per heavy atom. The van der Waals surface area contributed by atoms with Crippen LogP contribution in [-0.4, -0.2) is 18.0 Å². The first-order valence-electron chi connectivity index (χ1n) is 2.03. The molecule has 5 nitrogen and oxygen atoms in total. The smallest absolute Gasteiger partial charge is 0.316 e. The highest BCUT2D eigenvalue weighted by Gasteiger charge is 1.94. The molecule has 0 aromatic carbocycles. The Morgan fingerprint density at radius 2 is 2.56 bits per heavy atom. The van der Waals surface area contributed by atoms with Crippen LogP contribution in [0.25, 0.3) is 10.4 Å². The molecule has 0 unspecified atom stereocenters. The number of hydrogen-bond acceptors (Lipinski definition) is 3. The van der Waals surface area contributed by atoms with Crippen LogP contribution in [0.15, 0.2) is 5.11 Å². The van der Waals surface area contributed by atoms with Gasteiger partial charge in [0.05, 0.1) is 0 Å². The third kappa shape index (κ3) is 5.13. The maximum absolute atomic E-state index is 10.2. The predicted molar refractivity (Wildman–Crippen MR) is 33.9 cm³/mol. The van der Waals surface area contributed by atoms with Crippen molar-refractivity contribution in [1.29, 1.82) is 0 Å². The molecule has 0 fully saturated rings. The van der Waals surface area contributed by atoms with Crippen molar-refractivity contribution in [3.05, 3.63) is 10.4 Å². The van der Waals surface area contributed by atoms with E-state index in [-0.39, 0.29) is 12.1 Å². The zero-order chi connectivity index (χ0) is 7.11. The van der Waals surface area contributed by atoms with Gasteiger partial charge in [-0.25, -0.2) is 0 Å². The minimum Gasteiger partial charge on any atom is -0.459 e. The fourth-order valence-corrected chi connectivity index (χ4v) is 0.327. The van der Waals surface area contributed by atoms with Gasteiger partial charge in [-0.1, -0.05) is 21.0 Å². The quantitative estimate of drug-likeness (QED) is 0.222. The van der Waals surface area contributed by atoms with Crippen molar-refractivity contribution in [2.45, 2.75) is 0 Å². The van der Waals surface area contributed by atoms with E-state index < -0.39 is 5.97 Å². The Bertz CT molecular complexity index is 142. The molecule has 0 heterocycles. The molecule has 0 amide bonds. The van der Waals surface area contributed by atoms with Crippen LogP contribution in [0, 0.1) is 0 Å². The maximum atomic E-state index is 10.2. The number of alkyl halides is 1. The molecule has 9 heavy (non-hydrogen) atoms. The Labute approximate surface area is 59.7 Å². The van der Waals surface area contributed by atoms with Crippen molar-refractivity contribution < 1.29 is 9.53 Å². The van der Waals surface area contributed by atoms with Gasteiger partial charge in [-0.05, 0) is 5.53 Å². The summed E-state index contributed by atoms with van der Waals surface area (Å²) >= 11 is 2.86. The predicted octanol–water partition coefficient (Wildman–Crippen LogP) is 1.19.